The summed E-state index contributed by atoms with van der Waals surface area (Å²) in [5, 5.41) is 0.966. The second kappa shape index (κ2) is 5.98. The second-order valence-electron chi connectivity index (χ2n) is 3.19. The molecule has 0 N–H and O–H groups in total. The van der Waals surface area contributed by atoms with E-state index in [1.807, 2.05) is 0 Å². The number of alkyl halides is 1. The van der Waals surface area contributed by atoms with Gasteiger partial charge in [0.15, 0.2) is 0 Å². The molecule has 1 rings (SSSR count). The highest BCUT2D eigenvalue weighted by molar-refractivity contribution is 9.09. The lowest BCUT2D eigenvalue weighted by Crippen LogP contribution is -1.86. The average molecular weight is 239 g/mol. The van der Waals surface area contributed by atoms with Gasteiger partial charge in [-0.05, 0) is 25.3 Å². The van der Waals surface area contributed by atoms with Crippen LogP contribution >= 0.6 is 15.9 Å². The number of aryl methyl sites for hydroxylation is 1. The number of allylic oxidation sites excluding steroid dienone is 2. The first-order valence-electron chi connectivity index (χ1n) is 4.58. The molecule has 0 saturated heterocycles. The maximum absolute atomic E-state index is 3.40. The predicted octanol–water partition coefficient (Wildman–Crippen LogP) is 3.96. The van der Waals surface area contributed by atoms with Gasteiger partial charge in [-0.15, -0.1) is 0 Å². The van der Waals surface area contributed by atoms with E-state index in [-0.39, 0.29) is 0 Å². The highest BCUT2D eigenvalue weighted by Gasteiger charge is 1.92. The normalized spacial score (nSPS) is 11.7. The zero-order valence-electron chi connectivity index (χ0n) is 7.96. The van der Waals surface area contributed by atoms with Crippen molar-refractivity contribution in [1.29, 1.82) is 0 Å². The Labute approximate surface area is 88.8 Å². The highest BCUT2D eigenvalue weighted by atomic mass is 79.9. The van der Waals surface area contributed by atoms with E-state index in [1.165, 1.54) is 11.1 Å². The van der Waals surface area contributed by atoms with Crippen molar-refractivity contribution >= 4 is 15.9 Å². The lowest BCUT2D eigenvalue weighted by Gasteiger charge is -2.00. The van der Waals surface area contributed by atoms with Gasteiger partial charge in [0.2, 0.25) is 0 Å². The molecular formula is C12H15Br. The molecule has 1 aromatic carbocycles. The van der Waals surface area contributed by atoms with Crippen LogP contribution in [0, 0.1) is 0 Å². The fourth-order valence-corrected chi connectivity index (χ4v) is 1.77. The zero-order chi connectivity index (χ0) is 9.52. The molecule has 0 spiro atoms. The van der Waals surface area contributed by atoms with Crippen molar-refractivity contribution < 1.29 is 0 Å². The fraction of sp³-hybridized carbons (Fsp3) is 0.333. The molecule has 0 atom stereocenters. The standard InChI is InChI=1S/C12H15Br/c1-11(9-10-13)7-8-12-5-3-2-4-6-12/h2-6,9H,7-8,10H2,1H3. The van der Waals surface area contributed by atoms with E-state index >= 15 is 0 Å². The summed E-state index contributed by atoms with van der Waals surface area (Å²) >= 11 is 3.40. The van der Waals surface area contributed by atoms with E-state index in [9.17, 15) is 0 Å². The SMILES string of the molecule is CC(=CCBr)CCc1ccccc1. The molecule has 0 aliphatic carbocycles. The van der Waals surface area contributed by atoms with Crippen LogP contribution in [-0.4, -0.2) is 5.33 Å². The molecule has 0 heterocycles. The van der Waals surface area contributed by atoms with Gasteiger partial charge < -0.3 is 0 Å². The number of rotatable bonds is 4. The molecule has 0 amide bonds. The van der Waals surface area contributed by atoms with Gasteiger partial charge in [-0.2, -0.15) is 0 Å². The smallest absolute Gasteiger partial charge is 0.0214 e. The maximum Gasteiger partial charge on any atom is 0.0214 e. The molecule has 0 saturated carbocycles. The van der Waals surface area contributed by atoms with Crippen molar-refractivity contribution in [3.05, 3.63) is 47.5 Å². The lowest BCUT2D eigenvalue weighted by molar-refractivity contribution is 0.939. The largest absolute Gasteiger partial charge is 0.0883 e. The van der Waals surface area contributed by atoms with E-state index in [0.717, 1.165) is 18.2 Å². The van der Waals surface area contributed by atoms with Gasteiger partial charge in [0.1, 0.15) is 0 Å². The molecule has 0 nitrogen and oxygen atoms in total. The van der Waals surface area contributed by atoms with Crippen LogP contribution in [0.2, 0.25) is 0 Å². The molecule has 1 aromatic rings. The first-order chi connectivity index (χ1) is 6.33. The van der Waals surface area contributed by atoms with Gasteiger partial charge in [0.05, 0.1) is 0 Å². The Balaban J connectivity index is 2.39. The van der Waals surface area contributed by atoms with Gasteiger partial charge in [-0.1, -0.05) is 57.9 Å². The number of hydrogen-bond acceptors (Lipinski definition) is 0. The van der Waals surface area contributed by atoms with Crippen LogP contribution in [0.1, 0.15) is 18.9 Å². The van der Waals surface area contributed by atoms with Crippen LogP contribution < -0.4 is 0 Å². The minimum atomic E-state index is 0.966. The summed E-state index contributed by atoms with van der Waals surface area (Å²) in [6, 6.07) is 10.6. The third-order valence-electron chi connectivity index (χ3n) is 2.08. The van der Waals surface area contributed by atoms with Crippen LogP contribution in [0.5, 0.6) is 0 Å². The molecule has 0 aromatic heterocycles. The van der Waals surface area contributed by atoms with Crippen LogP contribution in [0.15, 0.2) is 42.0 Å². The van der Waals surface area contributed by atoms with Crippen LogP contribution in [-0.2, 0) is 6.42 Å². The monoisotopic (exact) mass is 238 g/mol. The Morgan fingerprint density at radius 2 is 2.00 bits per heavy atom. The average Bonchev–Trinajstić information content (AvgIpc) is 2.17. The van der Waals surface area contributed by atoms with Crippen LogP contribution in [0.25, 0.3) is 0 Å². The Kier molecular flexibility index (Phi) is 4.84. The molecule has 13 heavy (non-hydrogen) atoms. The van der Waals surface area contributed by atoms with E-state index in [2.05, 4.69) is 59.3 Å². The second-order valence-corrected chi connectivity index (χ2v) is 3.84. The van der Waals surface area contributed by atoms with Gasteiger partial charge in [0.25, 0.3) is 0 Å². The first-order valence-corrected chi connectivity index (χ1v) is 5.70. The first kappa shape index (κ1) is 10.5. The molecule has 70 valence electrons. The van der Waals surface area contributed by atoms with Gasteiger partial charge >= 0.3 is 0 Å². The van der Waals surface area contributed by atoms with E-state index in [4.69, 9.17) is 0 Å². The fourth-order valence-electron chi connectivity index (χ4n) is 1.22. The molecule has 0 bridgehead atoms. The minimum absolute atomic E-state index is 0.966. The van der Waals surface area contributed by atoms with Crippen LogP contribution in [0.4, 0.5) is 0 Å². The van der Waals surface area contributed by atoms with Crippen LogP contribution in [0.3, 0.4) is 0 Å². The Morgan fingerprint density at radius 3 is 2.62 bits per heavy atom. The summed E-state index contributed by atoms with van der Waals surface area (Å²) in [6.45, 7) is 2.18. The third-order valence-corrected chi connectivity index (χ3v) is 2.40. The number of hydrogen-bond donors (Lipinski definition) is 0. The Bertz CT molecular complexity index is 262. The number of benzene rings is 1. The number of halogens is 1. The molecule has 0 fully saturated rings. The quantitative estimate of drug-likeness (QED) is 0.551. The summed E-state index contributed by atoms with van der Waals surface area (Å²) in [5.74, 6) is 0. The van der Waals surface area contributed by atoms with Crippen molar-refractivity contribution in [2.45, 2.75) is 19.8 Å². The van der Waals surface area contributed by atoms with Gasteiger partial charge in [0, 0.05) is 5.33 Å². The molecule has 1 heteroatoms. The van der Waals surface area contributed by atoms with E-state index in [1.54, 1.807) is 0 Å². The minimum Gasteiger partial charge on any atom is -0.0883 e. The van der Waals surface area contributed by atoms with Gasteiger partial charge in [-0.25, -0.2) is 0 Å². The lowest BCUT2D eigenvalue weighted by atomic mass is 10.1. The van der Waals surface area contributed by atoms with Crippen molar-refractivity contribution in [1.82, 2.24) is 0 Å². The maximum atomic E-state index is 3.40. The summed E-state index contributed by atoms with van der Waals surface area (Å²) in [6.07, 6.45) is 4.54. The van der Waals surface area contributed by atoms with Crippen molar-refractivity contribution in [2.75, 3.05) is 5.33 Å². The van der Waals surface area contributed by atoms with E-state index < -0.39 is 0 Å². The molecule has 0 unspecified atom stereocenters. The molecule has 0 radical (unpaired) electrons. The molecule has 0 aliphatic heterocycles. The Morgan fingerprint density at radius 1 is 1.31 bits per heavy atom. The highest BCUT2D eigenvalue weighted by Crippen LogP contribution is 2.08. The zero-order valence-corrected chi connectivity index (χ0v) is 9.55. The summed E-state index contributed by atoms with van der Waals surface area (Å²) in [5.41, 5.74) is 2.88. The third kappa shape index (κ3) is 4.28. The summed E-state index contributed by atoms with van der Waals surface area (Å²) in [4.78, 5) is 0. The topological polar surface area (TPSA) is 0 Å². The van der Waals surface area contributed by atoms with E-state index in [0.29, 0.717) is 0 Å². The van der Waals surface area contributed by atoms with Crippen molar-refractivity contribution in [2.24, 2.45) is 0 Å². The molecule has 0 aliphatic rings. The van der Waals surface area contributed by atoms with Gasteiger partial charge in [-0.3, -0.25) is 0 Å². The summed E-state index contributed by atoms with van der Waals surface area (Å²) < 4.78 is 0. The Hall–Kier alpha value is -0.560. The summed E-state index contributed by atoms with van der Waals surface area (Å²) in [7, 11) is 0. The van der Waals surface area contributed by atoms with Crippen molar-refractivity contribution in [3.8, 4) is 0 Å². The predicted molar refractivity (Wildman–Crippen MR) is 62.3 cm³/mol. The molecular weight excluding hydrogens is 224 g/mol. The van der Waals surface area contributed by atoms with Crippen molar-refractivity contribution in [3.63, 3.8) is 0 Å².